The van der Waals surface area contributed by atoms with Crippen LogP contribution in [0.15, 0.2) is 36.5 Å². The minimum Gasteiger partial charge on any atom is -0.382 e. The number of hydrogen-bond acceptors (Lipinski definition) is 3. The molecule has 1 atom stereocenters. The second kappa shape index (κ2) is 4.26. The first-order valence-corrected chi connectivity index (χ1v) is 6.17. The van der Waals surface area contributed by atoms with Crippen LogP contribution in [0.4, 0.5) is 5.69 Å². The van der Waals surface area contributed by atoms with Crippen LogP contribution in [0.5, 0.6) is 0 Å². The third-order valence-corrected chi connectivity index (χ3v) is 3.53. The van der Waals surface area contributed by atoms with Gasteiger partial charge in [-0.15, -0.1) is 0 Å². The Balaban J connectivity index is 2.22. The Labute approximate surface area is 111 Å². The molecule has 1 aliphatic rings. The summed E-state index contributed by atoms with van der Waals surface area (Å²) < 4.78 is 0. The van der Waals surface area contributed by atoms with Gasteiger partial charge in [-0.1, -0.05) is 23.7 Å². The molecule has 18 heavy (non-hydrogen) atoms. The Hall–Kier alpha value is -1.58. The van der Waals surface area contributed by atoms with Crippen molar-refractivity contribution in [1.82, 2.24) is 4.98 Å². The number of anilines is 1. The summed E-state index contributed by atoms with van der Waals surface area (Å²) in [5.41, 5.74) is 3.57. The lowest BCUT2D eigenvalue weighted by atomic mass is 10.0. The zero-order valence-corrected chi connectivity index (χ0v) is 10.7. The molecule has 3 rings (SSSR count). The zero-order chi connectivity index (χ0) is 12.7. The van der Waals surface area contributed by atoms with Gasteiger partial charge in [-0.2, -0.15) is 0 Å². The van der Waals surface area contributed by atoms with Gasteiger partial charge in [-0.05, 0) is 23.8 Å². The number of aromatic nitrogens is 1. The molecule has 0 saturated heterocycles. The summed E-state index contributed by atoms with van der Waals surface area (Å²) in [6, 6.07) is 9.43. The molecule has 0 radical (unpaired) electrons. The third-order valence-electron chi connectivity index (χ3n) is 3.29. The van der Waals surface area contributed by atoms with Crippen LogP contribution < -0.4 is 4.90 Å². The average Bonchev–Trinajstić information content (AvgIpc) is 2.47. The van der Waals surface area contributed by atoms with E-state index in [-0.39, 0.29) is 0 Å². The Morgan fingerprint density at radius 3 is 3.06 bits per heavy atom. The fourth-order valence-electron chi connectivity index (χ4n) is 2.40. The number of benzene rings is 1. The Morgan fingerprint density at radius 2 is 2.22 bits per heavy atom. The number of nitrogens with zero attached hydrogens (tertiary/aromatic N) is 2. The third kappa shape index (κ3) is 1.76. The molecular formula is C14H13ClN2O. The van der Waals surface area contributed by atoms with E-state index < -0.39 is 6.10 Å². The van der Waals surface area contributed by atoms with Gasteiger partial charge in [-0.25, -0.2) is 0 Å². The maximum Gasteiger partial charge on any atom is 0.123 e. The number of aliphatic hydroxyl groups is 1. The molecule has 3 nitrogen and oxygen atoms in total. The van der Waals surface area contributed by atoms with Crippen molar-refractivity contribution in [2.45, 2.75) is 12.6 Å². The molecule has 0 aliphatic carbocycles. The number of fused-ring (bicyclic) bond motifs is 2. The first kappa shape index (κ1) is 11.5. The van der Waals surface area contributed by atoms with Gasteiger partial charge in [0, 0.05) is 36.1 Å². The largest absolute Gasteiger partial charge is 0.382 e. The summed E-state index contributed by atoms with van der Waals surface area (Å²) >= 11 is 6.03. The molecule has 0 fully saturated rings. The molecule has 4 heteroatoms. The molecule has 0 bridgehead atoms. The van der Waals surface area contributed by atoms with Crippen molar-refractivity contribution in [3.63, 3.8) is 0 Å². The van der Waals surface area contributed by atoms with Crippen LogP contribution in [0.2, 0.25) is 5.02 Å². The molecule has 92 valence electrons. The first-order chi connectivity index (χ1) is 8.66. The Kier molecular flexibility index (Phi) is 2.73. The van der Waals surface area contributed by atoms with Gasteiger partial charge in [0.15, 0.2) is 0 Å². The lowest BCUT2D eigenvalue weighted by molar-refractivity contribution is 0.216. The summed E-state index contributed by atoms with van der Waals surface area (Å²) in [7, 11) is 1.99. The highest BCUT2D eigenvalue weighted by Gasteiger charge is 2.25. The van der Waals surface area contributed by atoms with Gasteiger partial charge in [0.05, 0.1) is 5.69 Å². The number of pyridine rings is 1. The van der Waals surface area contributed by atoms with Gasteiger partial charge < -0.3 is 10.0 Å². The molecule has 1 aromatic carbocycles. The number of halogens is 1. The number of hydrogen-bond donors (Lipinski definition) is 1. The van der Waals surface area contributed by atoms with Crippen molar-refractivity contribution in [1.29, 1.82) is 0 Å². The SMILES string of the molecule is CN1Cc2cccnc2C(O)c2ccc(Cl)cc21. The minimum absolute atomic E-state index is 0.673. The van der Waals surface area contributed by atoms with Crippen LogP contribution in [-0.2, 0) is 6.54 Å². The molecular weight excluding hydrogens is 248 g/mol. The Morgan fingerprint density at radius 1 is 1.39 bits per heavy atom. The predicted octanol–water partition coefficient (Wildman–Crippen LogP) is 2.77. The topological polar surface area (TPSA) is 36.4 Å². The molecule has 2 aromatic rings. The fraction of sp³-hybridized carbons (Fsp3) is 0.214. The van der Waals surface area contributed by atoms with E-state index in [9.17, 15) is 5.11 Å². The van der Waals surface area contributed by atoms with Crippen LogP contribution >= 0.6 is 11.6 Å². The monoisotopic (exact) mass is 260 g/mol. The molecule has 1 unspecified atom stereocenters. The molecule has 1 N–H and O–H groups in total. The smallest absolute Gasteiger partial charge is 0.123 e. The van der Waals surface area contributed by atoms with Crippen LogP contribution in [0.3, 0.4) is 0 Å². The van der Waals surface area contributed by atoms with Crippen molar-refractivity contribution >= 4 is 17.3 Å². The summed E-state index contributed by atoms with van der Waals surface area (Å²) in [6.45, 7) is 0.716. The van der Waals surface area contributed by atoms with Crippen LogP contribution in [0, 0.1) is 0 Å². The highest BCUT2D eigenvalue weighted by molar-refractivity contribution is 6.30. The average molecular weight is 261 g/mol. The van der Waals surface area contributed by atoms with Gasteiger partial charge in [0.1, 0.15) is 6.10 Å². The van der Waals surface area contributed by atoms with E-state index in [1.807, 2.05) is 31.3 Å². The van der Waals surface area contributed by atoms with E-state index >= 15 is 0 Å². The summed E-state index contributed by atoms with van der Waals surface area (Å²) in [4.78, 5) is 6.39. The zero-order valence-electron chi connectivity index (χ0n) is 9.97. The lowest BCUT2D eigenvalue weighted by Crippen LogP contribution is -2.16. The van der Waals surface area contributed by atoms with Crippen molar-refractivity contribution in [3.05, 3.63) is 58.4 Å². The molecule has 1 aromatic heterocycles. The summed E-state index contributed by atoms with van der Waals surface area (Å²) in [6.07, 6.45) is 1.02. The maximum atomic E-state index is 10.5. The standard InChI is InChI=1S/C14H13ClN2O/c1-17-8-9-3-2-6-16-13(9)14(18)11-5-4-10(15)7-12(11)17/h2-7,14,18H,8H2,1H3. The lowest BCUT2D eigenvalue weighted by Gasteiger charge is -2.20. The number of rotatable bonds is 0. The molecule has 2 heterocycles. The van der Waals surface area contributed by atoms with Crippen LogP contribution in [0.25, 0.3) is 0 Å². The van der Waals surface area contributed by atoms with E-state index in [2.05, 4.69) is 9.88 Å². The van der Waals surface area contributed by atoms with Gasteiger partial charge in [-0.3, -0.25) is 4.98 Å². The van der Waals surface area contributed by atoms with Gasteiger partial charge in [0.25, 0.3) is 0 Å². The second-order valence-corrected chi connectivity index (χ2v) is 4.95. The number of aliphatic hydroxyl groups excluding tert-OH is 1. The van der Waals surface area contributed by atoms with Gasteiger partial charge in [0.2, 0.25) is 0 Å². The molecule has 0 saturated carbocycles. The fourth-order valence-corrected chi connectivity index (χ4v) is 2.56. The molecule has 0 spiro atoms. The normalized spacial score (nSPS) is 17.9. The highest BCUT2D eigenvalue weighted by atomic mass is 35.5. The molecule has 0 amide bonds. The first-order valence-electron chi connectivity index (χ1n) is 5.79. The van der Waals surface area contributed by atoms with Gasteiger partial charge >= 0.3 is 0 Å². The molecule has 1 aliphatic heterocycles. The quantitative estimate of drug-likeness (QED) is 0.791. The van der Waals surface area contributed by atoms with Crippen molar-refractivity contribution < 1.29 is 5.11 Å². The van der Waals surface area contributed by atoms with Crippen LogP contribution in [0.1, 0.15) is 22.9 Å². The summed E-state index contributed by atoms with van der Waals surface area (Å²) in [5.74, 6) is 0. The van der Waals surface area contributed by atoms with Crippen molar-refractivity contribution in [2.75, 3.05) is 11.9 Å². The van der Waals surface area contributed by atoms with Crippen LogP contribution in [-0.4, -0.2) is 17.1 Å². The van der Waals surface area contributed by atoms with E-state index in [4.69, 9.17) is 11.6 Å². The van der Waals surface area contributed by atoms with Crippen molar-refractivity contribution in [3.8, 4) is 0 Å². The predicted molar refractivity (Wildman–Crippen MR) is 71.9 cm³/mol. The second-order valence-electron chi connectivity index (χ2n) is 4.51. The van der Waals surface area contributed by atoms with E-state index in [1.54, 1.807) is 12.3 Å². The van der Waals surface area contributed by atoms with Crippen molar-refractivity contribution in [2.24, 2.45) is 0 Å². The van der Waals surface area contributed by atoms with E-state index in [0.717, 1.165) is 22.5 Å². The highest BCUT2D eigenvalue weighted by Crippen LogP contribution is 2.36. The Bertz CT molecular complexity index is 600. The van der Waals surface area contributed by atoms with E-state index in [1.165, 1.54) is 0 Å². The maximum absolute atomic E-state index is 10.5. The minimum atomic E-state index is -0.696. The summed E-state index contributed by atoms with van der Waals surface area (Å²) in [5, 5.41) is 11.1. The van der Waals surface area contributed by atoms with E-state index in [0.29, 0.717) is 11.6 Å².